The van der Waals surface area contributed by atoms with Crippen LogP contribution in [0.15, 0.2) is 24.3 Å². The van der Waals surface area contributed by atoms with Crippen molar-refractivity contribution in [2.75, 3.05) is 6.61 Å². The number of carbonyl (C=O) groups is 1. The van der Waals surface area contributed by atoms with E-state index in [1.807, 2.05) is 6.92 Å². The zero-order valence-corrected chi connectivity index (χ0v) is 13.0. The Morgan fingerprint density at radius 1 is 1.21 bits per heavy atom. The minimum atomic E-state index is -0.202. The summed E-state index contributed by atoms with van der Waals surface area (Å²) < 4.78 is 5.87. The SMILES string of the molecule is CCOc1cc(Cl)c(C(=O)c2ccc(Cl)s2)cc1Cl. The molecule has 0 atom stereocenters. The monoisotopic (exact) mass is 334 g/mol. The molecule has 0 N–H and O–H groups in total. The number of rotatable bonds is 4. The first kappa shape index (κ1) is 14.7. The molecule has 0 saturated heterocycles. The fourth-order valence-electron chi connectivity index (χ4n) is 1.54. The fourth-order valence-corrected chi connectivity index (χ4v) is 2.99. The molecule has 0 unspecified atom stereocenters. The zero-order chi connectivity index (χ0) is 14.0. The van der Waals surface area contributed by atoms with Gasteiger partial charge in [0.25, 0.3) is 0 Å². The third-order valence-corrected chi connectivity index (χ3v) is 4.20. The van der Waals surface area contributed by atoms with Crippen LogP contribution < -0.4 is 4.74 Å². The number of carbonyl (C=O) groups excluding carboxylic acids is 1. The number of halogens is 3. The molecular weight excluding hydrogens is 327 g/mol. The fraction of sp³-hybridized carbons (Fsp3) is 0.154. The summed E-state index contributed by atoms with van der Waals surface area (Å²) in [5.74, 6) is 0.266. The molecule has 0 saturated carbocycles. The van der Waals surface area contributed by atoms with Crippen LogP contribution in [-0.2, 0) is 0 Å². The van der Waals surface area contributed by atoms with Crippen molar-refractivity contribution in [1.29, 1.82) is 0 Å². The maximum absolute atomic E-state index is 12.3. The Bertz CT molecular complexity index is 622. The topological polar surface area (TPSA) is 26.3 Å². The van der Waals surface area contributed by atoms with E-state index >= 15 is 0 Å². The third-order valence-electron chi connectivity index (χ3n) is 2.36. The Hall–Kier alpha value is -0.740. The Morgan fingerprint density at radius 2 is 1.95 bits per heavy atom. The molecule has 0 bridgehead atoms. The number of ketones is 1. The number of thiophene rings is 1. The molecule has 2 rings (SSSR count). The highest BCUT2D eigenvalue weighted by molar-refractivity contribution is 7.18. The summed E-state index contributed by atoms with van der Waals surface area (Å²) in [6, 6.07) is 6.40. The first-order valence-corrected chi connectivity index (χ1v) is 7.39. The first-order valence-electron chi connectivity index (χ1n) is 5.44. The van der Waals surface area contributed by atoms with Crippen LogP contribution in [0.2, 0.25) is 14.4 Å². The summed E-state index contributed by atoms with van der Waals surface area (Å²) in [4.78, 5) is 12.8. The number of benzene rings is 1. The highest BCUT2D eigenvalue weighted by Gasteiger charge is 2.17. The number of hydrogen-bond acceptors (Lipinski definition) is 3. The Morgan fingerprint density at radius 3 is 2.53 bits per heavy atom. The smallest absolute Gasteiger partial charge is 0.204 e. The predicted molar refractivity (Wildman–Crippen MR) is 80.4 cm³/mol. The molecule has 100 valence electrons. The maximum Gasteiger partial charge on any atom is 0.204 e. The minimum absolute atomic E-state index is 0.202. The van der Waals surface area contributed by atoms with Gasteiger partial charge in [0.05, 0.1) is 25.9 Å². The minimum Gasteiger partial charge on any atom is -0.492 e. The summed E-state index contributed by atoms with van der Waals surface area (Å²) in [5, 5.41) is 0.666. The zero-order valence-electron chi connectivity index (χ0n) is 9.88. The highest BCUT2D eigenvalue weighted by atomic mass is 35.5. The van der Waals surface area contributed by atoms with Crippen molar-refractivity contribution in [3.8, 4) is 5.75 Å². The van der Waals surface area contributed by atoms with Crippen LogP contribution in [0, 0.1) is 0 Å². The van der Waals surface area contributed by atoms with Gasteiger partial charge < -0.3 is 4.74 Å². The van der Waals surface area contributed by atoms with E-state index in [1.165, 1.54) is 17.4 Å². The Labute approximate surface area is 129 Å². The van der Waals surface area contributed by atoms with Crippen LogP contribution in [0.1, 0.15) is 22.2 Å². The highest BCUT2D eigenvalue weighted by Crippen LogP contribution is 2.33. The van der Waals surface area contributed by atoms with Gasteiger partial charge in [-0.05, 0) is 25.1 Å². The van der Waals surface area contributed by atoms with Gasteiger partial charge in [-0.1, -0.05) is 34.8 Å². The van der Waals surface area contributed by atoms with Crippen LogP contribution in [0.3, 0.4) is 0 Å². The second-order valence-corrected chi connectivity index (χ2v) is 6.16. The standard InChI is InChI=1S/C13H9Cl3O2S/c1-2-18-10-6-8(14)7(5-9(10)15)13(17)11-3-4-12(16)19-11/h3-6H,2H2,1H3. The summed E-state index contributed by atoms with van der Waals surface area (Å²) in [7, 11) is 0. The maximum atomic E-state index is 12.3. The normalized spacial score (nSPS) is 10.5. The van der Waals surface area contributed by atoms with Crippen molar-refractivity contribution in [2.24, 2.45) is 0 Å². The molecule has 6 heteroatoms. The van der Waals surface area contributed by atoms with Crippen molar-refractivity contribution in [3.05, 3.63) is 49.1 Å². The van der Waals surface area contributed by atoms with Gasteiger partial charge in [0.2, 0.25) is 5.78 Å². The summed E-state index contributed by atoms with van der Waals surface area (Å²) in [6.07, 6.45) is 0. The van der Waals surface area contributed by atoms with E-state index in [9.17, 15) is 4.79 Å². The van der Waals surface area contributed by atoms with Crippen LogP contribution in [0.25, 0.3) is 0 Å². The number of ether oxygens (including phenoxy) is 1. The van der Waals surface area contributed by atoms with Crippen molar-refractivity contribution >= 4 is 51.9 Å². The molecule has 0 aliphatic rings. The van der Waals surface area contributed by atoms with E-state index in [-0.39, 0.29) is 5.78 Å². The average molecular weight is 336 g/mol. The molecule has 0 radical (unpaired) electrons. The molecule has 1 heterocycles. The van der Waals surface area contributed by atoms with E-state index in [2.05, 4.69) is 0 Å². The van der Waals surface area contributed by atoms with Crippen molar-refractivity contribution in [1.82, 2.24) is 0 Å². The molecule has 0 fully saturated rings. The molecule has 1 aromatic heterocycles. The quantitative estimate of drug-likeness (QED) is 0.705. The lowest BCUT2D eigenvalue weighted by Crippen LogP contribution is -2.01. The second-order valence-electron chi connectivity index (χ2n) is 3.63. The molecular formula is C13H9Cl3O2S. The Kier molecular flexibility index (Phi) is 4.74. The van der Waals surface area contributed by atoms with Gasteiger partial charge in [-0.15, -0.1) is 11.3 Å². The van der Waals surface area contributed by atoms with Crippen LogP contribution in [0.5, 0.6) is 5.75 Å². The van der Waals surface area contributed by atoms with Gasteiger partial charge >= 0.3 is 0 Å². The molecule has 1 aromatic carbocycles. The van der Waals surface area contributed by atoms with Gasteiger partial charge in [0, 0.05) is 11.6 Å². The molecule has 19 heavy (non-hydrogen) atoms. The molecule has 0 spiro atoms. The van der Waals surface area contributed by atoms with E-state index in [0.29, 0.717) is 37.2 Å². The molecule has 2 nitrogen and oxygen atoms in total. The van der Waals surface area contributed by atoms with Crippen LogP contribution in [-0.4, -0.2) is 12.4 Å². The van der Waals surface area contributed by atoms with Crippen molar-refractivity contribution < 1.29 is 9.53 Å². The second kappa shape index (κ2) is 6.14. The molecule has 2 aromatic rings. The lowest BCUT2D eigenvalue weighted by atomic mass is 10.1. The van der Waals surface area contributed by atoms with E-state index in [1.54, 1.807) is 18.2 Å². The summed E-state index contributed by atoms with van der Waals surface area (Å²) >= 11 is 19.2. The summed E-state index contributed by atoms with van der Waals surface area (Å²) in [6.45, 7) is 2.32. The molecule has 0 aliphatic carbocycles. The largest absolute Gasteiger partial charge is 0.492 e. The van der Waals surface area contributed by atoms with Crippen molar-refractivity contribution in [3.63, 3.8) is 0 Å². The summed E-state index contributed by atoms with van der Waals surface area (Å²) in [5.41, 5.74) is 0.341. The van der Waals surface area contributed by atoms with Crippen molar-refractivity contribution in [2.45, 2.75) is 6.92 Å². The van der Waals surface area contributed by atoms with Gasteiger partial charge in [-0.25, -0.2) is 0 Å². The lowest BCUT2D eigenvalue weighted by Gasteiger charge is -2.09. The molecule has 0 aliphatic heterocycles. The van der Waals surface area contributed by atoms with Gasteiger partial charge in [0.1, 0.15) is 5.75 Å². The molecule has 0 amide bonds. The van der Waals surface area contributed by atoms with Gasteiger partial charge in [0.15, 0.2) is 0 Å². The Balaban J connectivity index is 2.40. The van der Waals surface area contributed by atoms with E-state index in [4.69, 9.17) is 39.5 Å². The van der Waals surface area contributed by atoms with E-state index < -0.39 is 0 Å². The number of hydrogen-bond donors (Lipinski definition) is 0. The van der Waals surface area contributed by atoms with Gasteiger partial charge in [-0.3, -0.25) is 4.79 Å². The third kappa shape index (κ3) is 3.23. The predicted octanol–water partition coefficient (Wildman–Crippen LogP) is 5.34. The average Bonchev–Trinajstić information content (AvgIpc) is 2.79. The van der Waals surface area contributed by atoms with Crippen LogP contribution >= 0.6 is 46.1 Å². The first-order chi connectivity index (χ1) is 9.02. The lowest BCUT2D eigenvalue weighted by molar-refractivity contribution is 0.104. The van der Waals surface area contributed by atoms with Gasteiger partial charge in [-0.2, -0.15) is 0 Å². The van der Waals surface area contributed by atoms with E-state index in [0.717, 1.165) is 0 Å². The van der Waals surface area contributed by atoms with Crippen LogP contribution in [0.4, 0.5) is 0 Å².